The summed E-state index contributed by atoms with van der Waals surface area (Å²) < 4.78 is 66.2. The average molecular weight is 644 g/mol. The van der Waals surface area contributed by atoms with Gasteiger partial charge in [0.1, 0.15) is 6.04 Å². The molecule has 11 heteroatoms. The van der Waals surface area contributed by atoms with Gasteiger partial charge in [0, 0.05) is 32.0 Å². The molecule has 3 aromatic carbocycles. The van der Waals surface area contributed by atoms with Gasteiger partial charge in [-0.1, -0.05) is 79.1 Å². The van der Waals surface area contributed by atoms with Gasteiger partial charge in [-0.25, -0.2) is 8.42 Å². The van der Waals surface area contributed by atoms with Crippen LogP contribution in [0.1, 0.15) is 60.8 Å². The first-order valence-corrected chi connectivity index (χ1v) is 17.0. The van der Waals surface area contributed by atoms with E-state index in [0.29, 0.717) is 0 Å². The number of aryl methyl sites for hydroxylation is 1. The Morgan fingerprint density at radius 3 is 2.24 bits per heavy atom. The maximum atomic E-state index is 14.0. The van der Waals surface area contributed by atoms with Crippen LogP contribution in [0.25, 0.3) is 0 Å². The number of carbonyl (C=O) groups excluding carboxylic acids is 2. The molecule has 1 aliphatic rings. The number of nitrogens with zero attached hydrogens (tertiary/aromatic N) is 2. The number of benzene rings is 3. The lowest BCUT2D eigenvalue weighted by molar-refractivity contribution is -0.141. The highest BCUT2D eigenvalue weighted by atomic mass is 32.2. The highest BCUT2D eigenvalue weighted by Gasteiger charge is 2.33. The third-order valence-electron chi connectivity index (χ3n) is 8.02. The van der Waals surface area contributed by atoms with Crippen LogP contribution in [0.5, 0.6) is 0 Å². The van der Waals surface area contributed by atoms with Crippen LogP contribution < -0.4 is 9.62 Å². The van der Waals surface area contributed by atoms with Gasteiger partial charge in [-0.3, -0.25) is 13.9 Å². The van der Waals surface area contributed by atoms with E-state index in [4.69, 9.17) is 0 Å². The van der Waals surface area contributed by atoms with Crippen LogP contribution >= 0.6 is 0 Å². The van der Waals surface area contributed by atoms with E-state index >= 15 is 0 Å². The molecular formula is C34H40F3N3O4S. The molecule has 45 heavy (non-hydrogen) atoms. The van der Waals surface area contributed by atoms with Crippen LogP contribution in [-0.2, 0) is 38.8 Å². The predicted molar refractivity (Wildman–Crippen MR) is 169 cm³/mol. The molecule has 2 amide bonds. The second-order valence-corrected chi connectivity index (χ2v) is 13.6. The number of rotatable bonds is 13. The van der Waals surface area contributed by atoms with Gasteiger partial charge in [-0.15, -0.1) is 0 Å². The van der Waals surface area contributed by atoms with Gasteiger partial charge in [0.2, 0.25) is 21.8 Å². The summed E-state index contributed by atoms with van der Waals surface area (Å²) in [7, 11) is -3.96. The zero-order chi connectivity index (χ0) is 32.6. The SMILES string of the molecule is Cc1cccc(CN(C(=O)CCCN(c2cccc(C(F)(F)F)c2)S(C)(=O)=O)[C@@H](Cc2ccccc2)C(=O)NC2CCCC2)c1. The van der Waals surface area contributed by atoms with Crippen molar-refractivity contribution in [2.24, 2.45) is 0 Å². The Labute approximate surface area is 263 Å². The maximum absolute atomic E-state index is 14.0. The van der Waals surface area contributed by atoms with E-state index in [9.17, 15) is 31.2 Å². The van der Waals surface area contributed by atoms with Crippen LogP contribution in [0.3, 0.4) is 0 Å². The van der Waals surface area contributed by atoms with E-state index in [0.717, 1.165) is 71.1 Å². The molecule has 3 aromatic rings. The topological polar surface area (TPSA) is 86.8 Å². The van der Waals surface area contributed by atoms with E-state index in [-0.39, 0.29) is 55.9 Å². The molecule has 0 saturated heterocycles. The molecule has 4 rings (SSSR count). The molecule has 0 aliphatic heterocycles. The van der Waals surface area contributed by atoms with Crippen LogP contribution in [-0.4, -0.2) is 50.0 Å². The molecule has 1 saturated carbocycles. The Hall–Kier alpha value is -3.86. The molecule has 1 aliphatic carbocycles. The van der Waals surface area contributed by atoms with Crippen molar-refractivity contribution in [3.8, 4) is 0 Å². The summed E-state index contributed by atoms with van der Waals surface area (Å²) in [5, 5.41) is 3.15. The first-order valence-electron chi connectivity index (χ1n) is 15.2. The van der Waals surface area contributed by atoms with Gasteiger partial charge in [-0.05, 0) is 55.5 Å². The van der Waals surface area contributed by atoms with Crippen LogP contribution in [0, 0.1) is 6.92 Å². The third-order valence-corrected chi connectivity index (χ3v) is 9.22. The molecule has 0 aromatic heterocycles. The molecule has 0 unspecified atom stereocenters. The molecule has 1 atom stereocenters. The summed E-state index contributed by atoms with van der Waals surface area (Å²) in [4.78, 5) is 29.4. The fourth-order valence-corrected chi connectivity index (χ4v) is 6.73. The van der Waals surface area contributed by atoms with Crippen molar-refractivity contribution in [2.45, 2.75) is 76.7 Å². The number of halogens is 3. The quantitative estimate of drug-likeness (QED) is 0.238. The number of anilines is 1. The Kier molecular flexibility index (Phi) is 11.3. The van der Waals surface area contributed by atoms with Crippen molar-refractivity contribution < 1.29 is 31.2 Å². The molecule has 0 heterocycles. The Bertz CT molecular complexity index is 1560. The van der Waals surface area contributed by atoms with E-state index in [1.807, 2.05) is 61.5 Å². The molecular weight excluding hydrogens is 603 g/mol. The third kappa shape index (κ3) is 9.81. The monoisotopic (exact) mass is 643 g/mol. The van der Waals surface area contributed by atoms with Gasteiger partial charge in [-0.2, -0.15) is 13.2 Å². The molecule has 0 spiro atoms. The number of hydrogen-bond acceptors (Lipinski definition) is 4. The lowest BCUT2D eigenvalue weighted by atomic mass is 10.0. The first kappa shape index (κ1) is 34.0. The van der Waals surface area contributed by atoms with E-state index in [2.05, 4.69) is 5.32 Å². The van der Waals surface area contributed by atoms with Gasteiger partial charge in [0.25, 0.3) is 0 Å². The Morgan fingerprint density at radius 2 is 1.60 bits per heavy atom. The number of sulfonamides is 1. The minimum atomic E-state index is -4.64. The van der Waals surface area contributed by atoms with Crippen molar-refractivity contribution in [3.05, 3.63) is 101 Å². The van der Waals surface area contributed by atoms with Gasteiger partial charge < -0.3 is 10.2 Å². The summed E-state index contributed by atoms with van der Waals surface area (Å²) in [6.07, 6.45) is 0.315. The van der Waals surface area contributed by atoms with Crippen molar-refractivity contribution in [2.75, 3.05) is 17.1 Å². The molecule has 1 fully saturated rings. The van der Waals surface area contributed by atoms with Gasteiger partial charge in [0.05, 0.1) is 17.5 Å². The lowest BCUT2D eigenvalue weighted by Gasteiger charge is -2.33. The lowest BCUT2D eigenvalue weighted by Crippen LogP contribution is -2.52. The smallest absolute Gasteiger partial charge is 0.352 e. The average Bonchev–Trinajstić information content (AvgIpc) is 3.49. The summed E-state index contributed by atoms with van der Waals surface area (Å²) in [5.74, 6) is -0.593. The number of alkyl halides is 3. The van der Waals surface area contributed by atoms with Crippen LogP contribution in [0.4, 0.5) is 18.9 Å². The zero-order valence-corrected chi connectivity index (χ0v) is 26.4. The second-order valence-electron chi connectivity index (χ2n) is 11.7. The summed E-state index contributed by atoms with van der Waals surface area (Å²) in [5.41, 5.74) is 1.64. The van der Waals surface area contributed by atoms with Crippen LogP contribution in [0.15, 0.2) is 78.9 Å². The number of nitrogens with one attached hydrogen (secondary N) is 1. The second kappa shape index (κ2) is 14.9. The number of amides is 2. The fraction of sp³-hybridized carbons (Fsp3) is 0.412. The first-order chi connectivity index (χ1) is 21.3. The standard InChI is InChI=1S/C34H40F3N3O4S/c1-25-11-8-14-27(21-25)24-39(31(22-26-12-4-3-5-13-26)33(42)38-29-16-6-7-17-29)32(41)19-10-20-40(45(2,43)44)30-18-9-15-28(23-30)34(35,36)37/h3-5,8-9,11-15,18,21,23,29,31H,6-7,10,16-17,19-20,22,24H2,1-2H3,(H,38,42)/t31-/m0/s1. The highest BCUT2D eigenvalue weighted by Crippen LogP contribution is 2.32. The molecule has 7 nitrogen and oxygen atoms in total. The number of hydrogen-bond donors (Lipinski definition) is 1. The predicted octanol–water partition coefficient (Wildman–Crippen LogP) is 6.26. The van der Waals surface area contributed by atoms with Gasteiger partial charge in [0.15, 0.2) is 0 Å². The van der Waals surface area contributed by atoms with Crippen molar-refractivity contribution >= 4 is 27.5 Å². The molecule has 0 bridgehead atoms. The van der Waals surface area contributed by atoms with Gasteiger partial charge >= 0.3 is 6.18 Å². The Balaban J connectivity index is 1.59. The summed E-state index contributed by atoms with van der Waals surface area (Å²) >= 11 is 0. The minimum absolute atomic E-state index is 0.0365. The summed E-state index contributed by atoms with van der Waals surface area (Å²) in [6.45, 7) is 1.90. The maximum Gasteiger partial charge on any atom is 0.416 e. The van der Waals surface area contributed by atoms with E-state index < -0.39 is 27.8 Å². The molecule has 0 radical (unpaired) electrons. The van der Waals surface area contributed by atoms with E-state index in [1.54, 1.807) is 4.90 Å². The minimum Gasteiger partial charge on any atom is -0.352 e. The molecule has 1 N–H and O–H groups in total. The van der Waals surface area contributed by atoms with Crippen molar-refractivity contribution in [1.82, 2.24) is 10.2 Å². The largest absolute Gasteiger partial charge is 0.416 e. The Morgan fingerprint density at radius 1 is 0.933 bits per heavy atom. The normalized spacial score (nSPS) is 14.6. The zero-order valence-electron chi connectivity index (χ0n) is 25.6. The fourth-order valence-electron chi connectivity index (χ4n) is 5.77. The summed E-state index contributed by atoms with van der Waals surface area (Å²) in [6, 6.07) is 20.5. The number of carbonyl (C=O) groups is 2. The van der Waals surface area contributed by atoms with E-state index in [1.165, 1.54) is 6.07 Å². The highest BCUT2D eigenvalue weighted by molar-refractivity contribution is 7.92. The van der Waals surface area contributed by atoms with Crippen molar-refractivity contribution in [3.63, 3.8) is 0 Å². The van der Waals surface area contributed by atoms with Crippen LogP contribution in [0.2, 0.25) is 0 Å². The van der Waals surface area contributed by atoms with Crippen molar-refractivity contribution in [1.29, 1.82) is 0 Å². The molecule has 242 valence electrons.